The lowest BCUT2D eigenvalue weighted by atomic mass is 10.1. The number of hydrogen-bond acceptors (Lipinski definition) is 5. The van der Waals surface area contributed by atoms with E-state index in [0.717, 1.165) is 6.07 Å². The van der Waals surface area contributed by atoms with Crippen LogP contribution in [0.3, 0.4) is 0 Å². The number of ether oxygens (including phenoxy) is 2. The monoisotopic (exact) mass is 510 g/mol. The number of rotatable bonds is 5. The fraction of sp³-hybridized carbons (Fsp3) is 0.150. The van der Waals surface area contributed by atoms with Gasteiger partial charge >= 0.3 is 6.03 Å². The number of anilines is 1. The molecule has 0 unspecified atom stereocenters. The Morgan fingerprint density at radius 3 is 2.62 bits per heavy atom. The van der Waals surface area contributed by atoms with Crippen molar-refractivity contribution < 1.29 is 28.2 Å². The second-order valence-electron chi connectivity index (χ2n) is 5.90. The second kappa shape index (κ2) is 8.60. The largest absolute Gasteiger partial charge is 0.492 e. The van der Waals surface area contributed by atoms with Gasteiger partial charge in [-0.3, -0.25) is 14.9 Å². The number of nitrogens with zero attached hydrogens (tertiary/aromatic N) is 1. The Balaban J connectivity index is 2.05. The molecule has 0 atom stereocenters. The van der Waals surface area contributed by atoms with Gasteiger partial charge in [0, 0.05) is 0 Å². The van der Waals surface area contributed by atoms with E-state index in [1.807, 2.05) is 6.92 Å². The smallest absolute Gasteiger partial charge is 0.335 e. The zero-order chi connectivity index (χ0) is 21.1. The first-order valence-corrected chi connectivity index (χ1v) is 9.61. The van der Waals surface area contributed by atoms with Crippen LogP contribution in [-0.2, 0) is 9.59 Å². The van der Waals surface area contributed by atoms with Crippen LogP contribution in [0.15, 0.2) is 42.0 Å². The molecule has 0 saturated carbocycles. The lowest BCUT2D eigenvalue weighted by Crippen LogP contribution is -2.54. The number of carbonyl (C=O) groups is 3. The minimum Gasteiger partial charge on any atom is -0.492 e. The third-order valence-corrected chi connectivity index (χ3v) is 4.82. The Labute approximate surface area is 179 Å². The van der Waals surface area contributed by atoms with Gasteiger partial charge in [-0.25, -0.2) is 14.1 Å². The van der Waals surface area contributed by atoms with Crippen molar-refractivity contribution in [2.24, 2.45) is 0 Å². The van der Waals surface area contributed by atoms with Crippen LogP contribution in [0.2, 0.25) is 0 Å². The predicted octanol–water partition coefficient (Wildman–Crippen LogP) is 3.50. The van der Waals surface area contributed by atoms with Gasteiger partial charge in [0.2, 0.25) is 0 Å². The van der Waals surface area contributed by atoms with Crippen LogP contribution in [0.4, 0.5) is 14.9 Å². The summed E-state index contributed by atoms with van der Waals surface area (Å²) in [5.41, 5.74) is 0.258. The molecule has 0 spiro atoms. The maximum Gasteiger partial charge on any atom is 0.335 e. The summed E-state index contributed by atoms with van der Waals surface area (Å²) in [7, 11) is 1.51. The van der Waals surface area contributed by atoms with Gasteiger partial charge in [0.15, 0.2) is 11.5 Å². The van der Waals surface area contributed by atoms with E-state index in [9.17, 15) is 18.8 Å². The van der Waals surface area contributed by atoms with Crippen LogP contribution in [-0.4, -0.2) is 31.6 Å². The number of urea groups is 1. The van der Waals surface area contributed by atoms with Crippen molar-refractivity contribution in [1.29, 1.82) is 0 Å². The average Bonchev–Trinajstić information content (AvgIpc) is 2.65. The molecule has 7 nitrogen and oxygen atoms in total. The number of halogens is 2. The Kier molecular flexibility index (Phi) is 6.16. The van der Waals surface area contributed by atoms with Gasteiger partial charge in [-0.1, -0.05) is 6.07 Å². The fourth-order valence-electron chi connectivity index (χ4n) is 2.81. The van der Waals surface area contributed by atoms with E-state index in [0.29, 0.717) is 32.1 Å². The summed E-state index contributed by atoms with van der Waals surface area (Å²) in [4.78, 5) is 38.1. The van der Waals surface area contributed by atoms with Crippen LogP contribution in [0, 0.1) is 9.39 Å². The van der Waals surface area contributed by atoms with E-state index in [-0.39, 0.29) is 11.3 Å². The molecular weight excluding hydrogens is 494 g/mol. The SMILES string of the molecule is CCOc1cc(/C=C2\C(=O)NC(=O)N(c3cccc(F)c3)C2=O)cc(I)c1OC. The Morgan fingerprint density at radius 1 is 1.21 bits per heavy atom. The van der Waals surface area contributed by atoms with Crippen LogP contribution < -0.4 is 19.7 Å². The number of imide groups is 2. The summed E-state index contributed by atoms with van der Waals surface area (Å²) < 4.78 is 25.2. The van der Waals surface area contributed by atoms with Gasteiger partial charge in [0.25, 0.3) is 11.8 Å². The van der Waals surface area contributed by atoms with Crippen LogP contribution in [0.5, 0.6) is 11.5 Å². The summed E-state index contributed by atoms with van der Waals surface area (Å²) >= 11 is 2.05. The standard InChI is InChI=1S/C20H16FIN2O5/c1-3-29-16-9-11(8-15(22)17(16)28-2)7-14-18(25)23-20(27)24(19(14)26)13-6-4-5-12(21)10-13/h4-10H,3H2,1-2H3,(H,23,25,27)/b14-7+. The van der Waals surface area contributed by atoms with E-state index >= 15 is 0 Å². The molecule has 9 heteroatoms. The molecule has 0 radical (unpaired) electrons. The molecule has 150 valence electrons. The molecule has 3 rings (SSSR count). The molecule has 2 aromatic carbocycles. The van der Waals surface area contributed by atoms with Crippen molar-refractivity contribution in [3.8, 4) is 11.5 Å². The zero-order valence-electron chi connectivity index (χ0n) is 15.5. The fourth-order valence-corrected chi connectivity index (χ4v) is 3.65. The number of nitrogens with one attached hydrogen (secondary N) is 1. The predicted molar refractivity (Wildman–Crippen MR) is 112 cm³/mol. The third-order valence-electron chi connectivity index (χ3n) is 4.01. The van der Waals surface area contributed by atoms with Crippen LogP contribution in [0.1, 0.15) is 12.5 Å². The van der Waals surface area contributed by atoms with Gasteiger partial charge in [-0.2, -0.15) is 0 Å². The highest BCUT2D eigenvalue weighted by Crippen LogP contribution is 2.35. The van der Waals surface area contributed by atoms with Crippen molar-refractivity contribution in [2.45, 2.75) is 6.92 Å². The number of methoxy groups -OCH3 is 1. The van der Waals surface area contributed by atoms with E-state index in [2.05, 4.69) is 27.9 Å². The highest BCUT2D eigenvalue weighted by molar-refractivity contribution is 14.1. The highest BCUT2D eigenvalue weighted by Gasteiger charge is 2.37. The van der Waals surface area contributed by atoms with E-state index < -0.39 is 23.7 Å². The average molecular weight is 510 g/mol. The minimum absolute atomic E-state index is 0.0187. The van der Waals surface area contributed by atoms with Crippen molar-refractivity contribution in [3.05, 3.63) is 56.9 Å². The Hall–Kier alpha value is -2.95. The summed E-state index contributed by atoms with van der Waals surface area (Å²) in [5, 5.41) is 2.10. The molecule has 0 aromatic heterocycles. The third kappa shape index (κ3) is 4.24. The quantitative estimate of drug-likeness (QED) is 0.378. The lowest BCUT2D eigenvalue weighted by molar-refractivity contribution is -0.122. The molecule has 1 aliphatic heterocycles. The molecule has 1 N–H and O–H groups in total. The minimum atomic E-state index is -0.943. The number of amides is 4. The molecule has 0 aliphatic carbocycles. The van der Waals surface area contributed by atoms with Crippen molar-refractivity contribution in [2.75, 3.05) is 18.6 Å². The first-order chi connectivity index (χ1) is 13.8. The number of benzene rings is 2. The second-order valence-corrected chi connectivity index (χ2v) is 7.07. The van der Waals surface area contributed by atoms with E-state index in [1.54, 1.807) is 12.1 Å². The summed E-state index contributed by atoms with van der Waals surface area (Å²) in [6.45, 7) is 2.21. The topological polar surface area (TPSA) is 84.9 Å². The molecule has 2 aromatic rings. The summed E-state index contributed by atoms with van der Waals surface area (Å²) in [6, 6.07) is 7.38. The maximum atomic E-state index is 13.6. The van der Waals surface area contributed by atoms with Gasteiger partial charge in [0.05, 0.1) is 23.0 Å². The Morgan fingerprint density at radius 2 is 1.97 bits per heavy atom. The van der Waals surface area contributed by atoms with Crippen molar-refractivity contribution in [1.82, 2.24) is 5.32 Å². The molecule has 1 aliphatic rings. The van der Waals surface area contributed by atoms with Gasteiger partial charge in [-0.15, -0.1) is 0 Å². The molecule has 1 fully saturated rings. The number of hydrogen-bond donors (Lipinski definition) is 1. The Bertz CT molecular complexity index is 1040. The molecule has 29 heavy (non-hydrogen) atoms. The van der Waals surface area contributed by atoms with Gasteiger partial charge in [-0.05, 0) is 71.5 Å². The maximum absolute atomic E-state index is 13.6. The first-order valence-electron chi connectivity index (χ1n) is 8.53. The molecule has 1 heterocycles. The molecule has 4 amide bonds. The zero-order valence-corrected chi connectivity index (χ0v) is 17.7. The normalized spacial score (nSPS) is 15.5. The van der Waals surface area contributed by atoms with Crippen molar-refractivity contribution >= 4 is 52.2 Å². The van der Waals surface area contributed by atoms with Gasteiger partial charge in [0.1, 0.15) is 11.4 Å². The summed E-state index contributed by atoms with van der Waals surface area (Å²) in [5.74, 6) is -1.32. The van der Waals surface area contributed by atoms with Crippen LogP contribution >= 0.6 is 22.6 Å². The first kappa shape index (κ1) is 20.8. The molecule has 1 saturated heterocycles. The molecule has 0 bridgehead atoms. The molecular formula is C20H16FIN2O5. The highest BCUT2D eigenvalue weighted by atomic mass is 127. The summed E-state index contributed by atoms with van der Waals surface area (Å²) in [6.07, 6.45) is 1.35. The number of carbonyl (C=O) groups excluding carboxylic acids is 3. The number of barbiturate groups is 1. The lowest BCUT2D eigenvalue weighted by Gasteiger charge is -2.26. The van der Waals surface area contributed by atoms with Gasteiger partial charge < -0.3 is 9.47 Å². The van der Waals surface area contributed by atoms with E-state index in [1.165, 1.54) is 31.4 Å². The van der Waals surface area contributed by atoms with E-state index in [4.69, 9.17) is 9.47 Å². The van der Waals surface area contributed by atoms with Crippen molar-refractivity contribution in [3.63, 3.8) is 0 Å². The van der Waals surface area contributed by atoms with Crippen LogP contribution in [0.25, 0.3) is 6.08 Å².